The minimum absolute atomic E-state index is 0.216. The fourth-order valence-electron chi connectivity index (χ4n) is 2.23. The summed E-state index contributed by atoms with van der Waals surface area (Å²) >= 11 is 9.92. The molecule has 4 heterocycles. The Morgan fingerprint density at radius 2 is 2.12 bits per heavy atom. The molecule has 1 N–H and O–H groups in total. The summed E-state index contributed by atoms with van der Waals surface area (Å²) in [5, 5.41) is 8.46. The zero-order chi connectivity index (χ0) is 17.4. The van der Waals surface area contributed by atoms with Gasteiger partial charge in [0, 0.05) is 18.3 Å². The standard InChI is InChI=1S/C14H11ClN4O2S4/c15-11-3-4-12(24-11)25(20,21)16-6-5-9-8-23-14-17-13(18-19(9)14)10-2-1-7-22-10/h1-4,7-8,16H,5-6H2. The molecule has 0 atom stereocenters. The number of aromatic nitrogens is 3. The monoisotopic (exact) mass is 430 g/mol. The minimum atomic E-state index is -3.53. The third-order valence-corrected chi connectivity index (χ3v) is 8.29. The van der Waals surface area contributed by atoms with E-state index in [2.05, 4.69) is 14.8 Å². The van der Waals surface area contributed by atoms with Crippen LogP contribution in [0, 0.1) is 0 Å². The van der Waals surface area contributed by atoms with Gasteiger partial charge in [-0.1, -0.05) is 17.7 Å². The van der Waals surface area contributed by atoms with Crippen LogP contribution in [0.25, 0.3) is 15.7 Å². The van der Waals surface area contributed by atoms with E-state index in [1.807, 2.05) is 22.9 Å². The Morgan fingerprint density at radius 3 is 2.84 bits per heavy atom. The van der Waals surface area contributed by atoms with Crippen LogP contribution in [0.15, 0.2) is 39.2 Å². The molecule has 0 fully saturated rings. The van der Waals surface area contributed by atoms with Crippen molar-refractivity contribution in [1.82, 2.24) is 19.3 Å². The number of thiophene rings is 2. The molecule has 25 heavy (non-hydrogen) atoms. The highest BCUT2D eigenvalue weighted by atomic mass is 35.5. The lowest BCUT2D eigenvalue weighted by atomic mass is 10.3. The van der Waals surface area contributed by atoms with Crippen molar-refractivity contribution in [2.24, 2.45) is 0 Å². The van der Waals surface area contributed by atoms with Gasteiger partial charge in [-0.25, -0.2) is 17.7 Å². The van der Waals surface area contributed by atoms with Crippen LogP contribution in [-0.2, 0) is 16.4 Å². The number of thiazole rings is 1. The highest BCUT2D eigenvalue weighted by Crippen LogP contribution is 2.26. The third-order valence-electron chi connectivity index (χ3n) is 3.38. The van der Waals surface area contributed by atoms with E-state index >= 15 is 0 Å². The Labute approximate surface area is 160 Å². The Kier molecular flexibility index (Phi) is 4.65. The number of halogens is 1. The minimum Gasteiger partial charge on any atom is -0.210 e. The molecule has 0 spiro atoms. The summed E-state index contributed by atoms with van der Waals surface area (Å²) in [5.41, 5.74) is 0.919. The summed E-state index contributed by atoms with van der Waals surface area (Å²) in [6.45, 7) is 0.276. The molecule has 130 valence electrons. The molecule has 0 aromatic carbocycles. The van der Waals surface area contributed by atoms with Crippen LogP contribution in [0.2, 0.25) is 4.34 Å². The molecule has 0 saturated carbocycles. The maximum Gasteiger partial charge on any atom is 0.250 e. The van der Waals surface area contributed by atoms with Gasteiger partial charge in [0.25, 0.3) is 0 Å². The van der Waals surface area contributed by atoms with Crippen molar-refractivity contribution in [3.63, 3.8) is 0 Å². The third kappa shape index (κ3) is 3.50. The van der Waals surface area contributed by atoms with Crippen molar-refractivity contribution in [3.8, 4) is 10.7 Å². The maximum absolute atomic E-state index is 12.2. The molecule has 0 aliphatic rings. The maximum atomic E-state index is 12.2. The largest absolute Gasteiger partial charge is 0.250 e. The number of nitrogens with zero attached hydrogens (tertiary/aromatic N) is 3. The second kappa shape index (κ2) is 6.78. The van der Waals surface area contributed by atoms with Crippen molar-refractivity contribution in [3.05, 3.63) is 45.1 Å². The average molecular weight is 431 g/mol. The van der Waals surface area contributed by atoms with E-state index < -0.39 is 10.0 Å². The van der Waals surface area contributed by atoms with Crippen LogP contribution in [-0.4, -0.2) is 29.6 Å². The first kappa shape index (κ1) is 17.1. The molecule has 0 amide bonds. The highest BCUT2D eigenvalue weighted by Gasteiger charge is 2.17. The summed E-state index contributed by atoms with van der Waals surface area (Å²) in [6.07, 6.45) is 0.519. The van der Waals surface area contributed by atoms with Gasteiger partial charge in [0.1, 0.15) is 4.21 Å². The second-order valence-electron chi connectivity index (χ2n) is 5.04. The van der Waals surface area contributed by atoms with Gasteiger partial charge in [0.15, 0.2) is 5.82 Å². The molecule has 0 aliphatic carbocycles. The lowest BCUT2D eigenvalue weighted by Gasteiger charge is -2.03. The number of hydrogen-bond acceptors (Lipinski definition) is 7. The summed E-state index contributed by atoms with van der Waals surface area (Å²) in [4.78, 5) is 6.32. The van der Waals surface area contributed by atoms with Crippen molar-refractivity contribution in [1.29, 1.82) is 0 Å². The highest BCUT2D eigenvalue weighted by molar-refractivity contribution is 7.91. The molecule has 6 nitrogen and oxygen atoms in total. The predicted molar refractivity (Wildman–Crippen MR) is 102 cm³/mol. The molecule has 0 radical (unpaired) electrons. The van der Waals surface area contributed by atoms with Crippen molar-refractivity contribution < 1.29 is 8.42 Å². The second-order valence-corrected chi connectivity index (χ2v) is 10.5. The van der Waals surface area contributed by atoms with E-state index in [0.717, 1.165) is 26.9 Å². The van der Waals surface area contributed by atoms with Crippen LogP contribution in [0.5, 0.6) is 0 Å². The SMILES string of the molecule is O=S(=O)(NCCc1csc2nc(-c3cccs3)nn12)c1ccc(Cl)s1. The van der Waals surface area contributed by atoms with Gasteiger partial charge in [0.2, 0.25) is 15.0 Å². The first-order valence-corrected chi connectivity index (χ1v) is 11.6. The van der Waals surface area contributed by atoms with E-state index in [9.17, 15) is 8.42 Å². The van der Waals surface area contributed by atoms with Gasteiger partial charge >= 0.3 is 0 Å². The molecule has 0 unspecified atom stereocenters. The first-order valence-electron chi connectivity index (χ1n) is 7.15. The molecule has 4 aromatic rings. The van der Waals surface area contributed by atoms with E-state index in [4.69, 9.17) is 11.6 Å². The van der Waals surface area contributed by atoms with Gasteiger partial charge in [0.05, 0.1) is 14.9 Å². The van der Waals surface area contributed by atoms with Crippen molar-refractivity contribution in [2.75, 3.05) is 6.54 Å². The molecular formula is C14H11ClN4O2S4. The average Bonchev–Trinajstić information content (AvgIpc) is 3.31. The van der Waals surface area contributed by atoms with Crippen LogP contribution < -0.4 is 4.72 Å². The smallest absolute Gasteiger partial charge is 0.210 e. The van der Waals surface area contributed by atoms with Crippen LogP contribution >= 0.6 is 45.6 Å². The summed E-state index contributed by atoms with van der Waals surface area (Å²) in [5.74, 6) is 0.692. The van der Waals surface area contributed by atoms with Crippen molar-refractivity contribution in [2.45, 2.75) is 10.6 Å². The molecule has 0 bridgehead atoms. The molecular weight excluding hydrogens is 420 g/mol. The number of rotatable bonds is 6. The Hall–Kier alpha value is -1.30. The van der Waals surface area contributed by atoms with Gasteiger partial charge < -0.3 is 0 Å². The molecule has 11 heteroatoms. The zero-order valence-electron chi connectivity index (χ0n) is 12.5. The summed E-state index contributed by atoms with van der Waals surface area (Å²) in [6, 6.07) is 7.01. The lowest BCUT2D eigenvalue weighted by molar-refractivity contribution is 0.583. The van der Waals surface area contributed by atoms with Gasteiger partial charge in [-0.05, 0) is 23.6 Å². The quantitative estimate of drug-likeness (QED) is 0.505. The van der Waals surface area contributed by atoms with E-state index in [1.165, 1.54) is 17.4 Å². The van der Waals surface area contributed by atoms with Gasteiger partial charge in [-0.2, -0.15) is 4.98 Å². The summed E-state index contributed by atoms with van der Waals surface area (Å²) in [7, 11) is -3.53. The fourth-order valence-corrected chi connectivity index (χ4v) is 6.30. The lowest BCUT2D eigenvalue weighted by Crippen LogP contribution is -2.25. The van der Waals surface area contributed by atoms with Gasteiger partial charge in [-0.3, -0.25) is 0 Å². The van der Waals surface area contributed by atoms with E-state index in [0.29, 0.717) is 16.6 Å². The Bertz CT molecular complexity index is 1110. The van der Waals surface area contributed by atoms with Crippen LogP contribution in [0.4, 0.5) is 0 Å². The number of fused-ring (bicyclic) bond motifs is 1. The van der Waals surface area contributed by atoms with Crippen molar-refractivity contribution >= 4 is 60.6 Å². The number of hydrogen-bond donors (Lipinski definition) is 1. The molecule has 4 aromatic heterocycles. The zero-order valence-corrected chi connectivity index (χ0v) is 16.6. The molecule has 4 rings (SSSR count). The predicted octanol–water partition coefficient (Wildman–Crippen LogP) is 3.76. The van der Waals surface area contributed by atoms with Crippen LogP contribution in [0.1, 0.15) is 5.69 Å². The Balaban J connectivity index is 1.48. The molecule has 0 saturated heterocycles. The van der Waals surface area contributed by atoms with Crippen LogP contribution in [0.3, 0.4) is 0 Å². The first-order chi connectivity index (χ1) is 12.0. The number of nitrogens with one attached hydrogen (secondary N) is 1. The van der Waals surface area contributed by atoms with Gasteiger partial charge in [-0.15, -0.1) is 39.1 Å². The topological polar surface area (TPSA) is 76.4 Å². The normalized spacial score (nSPS) is 12.2. The fraction of sp³-hybridized carbons (Fsp3) is 0.143. The van der Waals surface area contributed by atoms with E-state index in [1.54, 1.807) is 21.9 Å². The van der Waals surface area contributed by atoms with E-state index in [-0.39, 0.29) is 10.8 Å². The number of sulfonamides is 1. The molecule has 0 aliphatic heterocycles. The summed E-state index contributed by atoms with van der Waals surface area (Å²) < 4.78 is 29.4. The Morgan fingerprint density at radius 1 is 1.24 bits per heavy atom.